The number of aliphatic hydroxyl groups excluding tert-OH is 1. The van der Waals surface area contributed by atoms with E-state index in [1.165, 1.54) is 0 Å². The molecular formula is C11H22O3. The normalized spacial score (nSPS) is 37.1. The van der Waals surface area contributed by atoms with Crippen molar-refractivity contribution in [2.24, 2.45) is 11.3 Å². The monoisotopic (exact) mass is 202 g/mol. The van der Waals surface area contributed by atoms with Crippen molar-refractivity contribution < 1.29 is 14.6 Å². The van der Waals surface area contributed by atoms with E-state index < -0.39 is 0 Å². The van der Waals surface area contributed by atoms with E-state index in [4.69, 9.17) is 9.47 Å². The Labute approximate surface area is 86.4 Å². The van der Waals surface area contributed by atoms with Crippen LogP contribution in [0.1, 0.15) is 33.6 Å². The van der Waals surface area contributed by atoms with Gasteiger partial charge in [-0.2, -0.15) is 0 Å². The molecule has 0 aliphatic heterocycles. The summed E-state index contributed by atoms with van der Waals surface area (Å²) >= 11 is 0. The zero-order valence-electron chi connectivity index (χ0n) is 9.62. The van der Waals surface area contributed by atoms with Crippen molar-refractivity contribution in [3.63, 3.8) is 0 Å². The summed E-state index contributed by atoms with van der Waals surface area (Å²) in [5.41, 5.74) is 0.215. The van der Waals surface area contributed by atoms with Crippen molar-refractivity contribution in [2.45, 2.75) is 45.8 Å². The fourth-order valence-corrected chi connectivity index (χ4v) is 2.03. The van der Waals surface area contributed by atoms with Crippen molar-refractivity contribution in [3.8, 4) is 0 Å². The van der Waals surface area contributed by atoms with Gasteiger partial charge in [-0.3, -0.25) is 0 Å². The smallest absolute Gasteiger partial charge is 0.146 e. The quantitative estimate of drug-likeness (QED) is 0.709. The maximum atomic E-state index is 9.87. The summed E-state index contributed by atoms with van der Waals surface area (Å²) in [7, 11) is 1.60. The molecule has 1 saturated carbocycles. The standard InChI is InChI=1S/C11H22O3/c1-8-5-10(14-7-13-4)9(12)6-11(8,2)3/h8-10,12H,5-7H2,1-4H3/t8-,9+,10+/m0/s1. The molecule has 1 aliphatic carbocycles. The van der Waals surface area contributed by atoms with Gasteiger partial charge in [0.2, 0.25) is 0 Å². The molecule has 3 heteroatoms. The zero-order chi connectivity index (χ0) is 10.8. The molecule has 0 radical (unpaired) electrons. The Balaban J connectivity index is 2.49. The first kappa shape index (κ1) is 12.0. The number of hydrogen-bond acceptors (Lipinski definition) is 3. The van der Waals surface area contributed by atoms with E-state index in [2.05, 4.69) is 20.8 Å². The Morgan fingerprint density at radius 3 is 2.64 bits per heavy atom. The van der Waals surface area contributed by atoms with E-state index in [1.807, 2.05) is 0 Å². The Bertz CT molecular complexity index is 179. The summed E-state index contributed by atoms with van der Waals surface area (Å²) in [4.78, 5) is 0. The van der Waals surface area contributed by atoms with Gasteiger partial charge in [0.25, 0.3) is 0 Å². The molecule has 0 aromatic carbocycles. The molecule has 1 aliphatic rings. The maximum absolute atomic E-state index is 9.87. The highest BCUT2D eigenvalue weighted by Gasteiger charge is 2.39. The molecule has 1 fully saturated rings. The van der Waals surface area contributed by atoms with Crippen LogP contribution in [0.4, 0.5) is 0 Å². The first-order valence-electron chi connectivity index (χ1n) is 5.26. The second kappa shape index (κ2) is 4.60. The Kier molecular flexibility index (Phi) is 3.93. The largest absolute Gasteiger partial charge is 0.390 e. The minimum Gasteiger partial charge on any atom is -0.390 e. The minimum atomic E-state index is -0.351. The minimum absolute atomic E-state index is 0.0574. The molecule has 0 saturated heterocycles. The molecule has 1 N–H and O–H groups in total. The van der Waals surface area contributed by atoms with Crippen LogP contribution in [-0.4, -0.2) is 31.2 Å². The van der Waals surface area contributed by atoms with E-state index in [9.17, 15) is 5.11 Å². The van der Waals surface area contributed by atoms with Gasteiger partial charge in [0, 0.05) is 7.11 Å². The van der Waals surface area contributed by atoms with E-state index in [0.717, 1.165) is 12.8 Å². The summed E-state index contributed by atoms with van der Waals surface area (Å²) in [6.07, 6.45) is 1.31. The van der Waals surface area contributed by atoms with Crippen LogP contribution in [0.5, 0.6) is 0 Å². The Hall–Kier alpha value is -0.120. The van der Waals surface area contributed by atoms with Crippen LogP contribution in [-0.2, 0) is 9.47 Å². The van der Waals surface area contributed by atoms with Crippen LogP contribution >= 0.6 is 0 Å². The van der Waals surface area contributed by atoms with E-state index in [0.29, 0.717) is 5.92 Å². The zero-order valence-corrected chi connectivity index (χ0v) is 9.62. The fourth-order valence-electron chi connectivity index (χ4n) is 2.03. The van der Waals surface area contributed by atoms with Crippen LogP contribution in [0.2, 0.25) is 0 Å². The highest BCUT2D eigenvalue weighted by atomic mass is 16.7. The highest BCUT2D eigenvalue weighted by Crippen LogP contribution is 2.41. The molecule has 3 nitrogen and oxygen atoms in total. The van der Waals surface area contributed by atoms with Crippen LogP contribution in [0.25, 0.3) is 0 Å². The van der Waals surface area contributed by atoms with Gasteiger partial charge in [-0.05, 0) is 24.2 Å². The summed E-state index contributed by atoms with van der Waals surface area (Å²) < 4.78 is 10.3. The first-order chi connectivity index (χ1) is 6.47. The van der Waals surface area contributed by atoms with Crippen molar-refractivity contribution in [1.82, 2.24) is 0 Å². The fraction of sp³-hybridized carbons (Fsp3) is 1.00. The Morgan fingerprint density at radius 1 is 1.43 bits per heavy atom. The van der Waals surface area contributed by atoms with Gasteiger partial charge in [0.15, 0.2) is 0 Å². The van der Waals surface area contributed by atoms with E-state index in [-0.39, 0.29) is 24.4 Å². The third-order valence-corrected chi connectivity index (χ3v) is 3.48. The lowest BCUT2D eigenvalue weighted by atomic mass is 9.68. The van der Waals surface area contributed by atoms with Gasteiger partial charge in [-0.1, -0.05) is 20.8 Å². The average molecular weight is 202 g/mol. The summed E-state index contributed by atoms with van der Waals surface area (Å²) in [6.45, 7) is 6.89. The maximum Gasteiger partial charge on any atom is 0.146 e. The molecule has 0 unspecified atom stereocenters. The average Bonchev–Trinajstić information content (AvgIpc) is 2.08. The van der Waals surface area contributed by atoms with Gasteiger partial charge in [-0.15, -0.1) is 0 Å². The number of ether oxygens (including phenoxy) is 2. The van der Waals surface area contributed by atoms with Crippen LogP contribution < -0.4 is 0 Å². The van der Waals surface area contributed by atoms with Gasteiger partial charge >= 0.3 is 0 Å². The Morgan fingerprint density at radius 2 is 2.07 bits per heavy atom. The molecule has 0 spiro atoms. The van der Waals surface area contributed by atoms with Crippen molar-refractivity contribution in [3.05, 3.63) is 0 Å². The number of rotatable bonds is 3. The summed E-state index contributed by atoms with van der Waals surface area (Å²) in [5, 5.41) is 9.87. The van der Waals surface area contributed by atoms with E-state index >= 15 is 0 Å². The second-order valence-electron chi connectivity index (χ2n) is 5.01. The first-order valence-corrected chi connectivity index (χ1v) is 5.26. The SMILES string of the molecule is COCO[C@@H]1C[C@H](C)C(C)(C)C[C@H]1O. The molecule has 84 valence electrons. The summed E-state index contributed by atoms with van der Waals surface area (Å²) in [5.74, 6) is 0.577. The molecule has 0 aromatic heterocycles. The van der Waals surface area contributed by atoms with Gasteiger partial charge in [0.1, 0.15) is 6.79 Å². The molecule has 0 bridgehead atoms. The van der Waals surface area contributed by atoms with E-state index in [1.54, 1.807) is 7.11 Å². The van der Waals surface area contributed by atoms with Gasteiger partial charge < -0.3 is 14.6 Å². The van der Waals surface area contributed by atoms with Gasteiger partial charge in [-0.25, -0.2) is 0 Å². The van der Waals surface area contributed by atoms with Crippen LogP contribution in [0.15, 0.2) is 0 Å². The van der Waals surface area contributed by atoms with Gasteiger partial charge in [0.05, 0.1) is 12.2 Å². The lowest BCUT2D eigenvalue weighted by molar-refractivity contribution is -0.149. The molecule has 0 heterocycles. The van der Waals surface area contributed by atoms with Crippen molar-refractivity contribution >= 4 is 0 Å². The predicted octanol–water partition coefficient (Wildman–Crippen LogP) is 1.79. The number of methoxy groups -OCH3 is 1. The third-order valence-electron chi connectivity index (χ3n) is 3.48. The van der Waals surface area contributed by atoms with Crippen molar-refractivity contribution in [1.29, 1.82) is 0 Å². The number of aliphatic hydroxyl groups is 1. The van der Waals surface area contributed by atoms with Crippen LogP contribution in [0, 0.1) is 11.3 Å². The summed E-state index contributed by atoms with van der Waals surface area (Å²) in [6, 6.07) is 0. The lowest BCUT2D eigenvalue weighted by Crippen LogP contribution is -2.44. The molecular weight excluding hydrogens is 180 g/mol. The molecule has 0 amide bonds. The number of hydrogen-bond donors (Lipinski definition) is 1. The molecule has 1 rings (SSSR count). The molecule has 3 atom stereocenters. The second-order valence-corrected chi connectivity index (χ2v) is 5.01. The van der Waals surface area contributed by atoms with Crippen LogP contribution in [0.3, 0.4) is 0 Å². The predicted molar refractivity (Wildman–Crippen MR) is 54.9 cm³/mol. The van der Waals surface area contributed by atoms with Crippen molar-refractivity contribution in [2.75, 3.05) is 13.9 Å². The lowest BCUT2D eigenvalue weighted by Gasteiger charge is -2.43. The molecule has 0 aromatic rings. The molecule has 14 heavy (non-hydrogen) atoms. The topological polar surface area (TPSA) is 38.7 Å². The third kappa shape index (κ3) is 2.69. The highest BCUT2D eigenvalue weighted by molar-refractivity contribution is 4.89.